The highest BCUT2D eigenvalue weighted by molar-refractivity contribution is 8.13. The van der Waals surface area contributed by atoms with E-state index in [4.69, 9.17) is 98.0 Å². The molecule has 1 unspecified atom stereocenters. The number of rotatable bonds is 48. The molecule has 6 N–H and O–H groups in total. The van der Waals surface area contributed by atoms with Crippen LogP contribution in [0.15, 0.2) is 124 Å². The Labute approximate surface area is 729 Å². The first-order chi connectivity index (χ1) is 56.7. The first kappa shape index (κ1) is 96.3. The molecule has 650 valence electrons. The van der Waals surface area contributed by atoms with Crippen molar-refractivity contribution in [3.05, 3.63) is 189 Å². The van der Waals surface area contributed by atoms with Gasteiger partial charge in [0.1, 0.15) is 0 Å². The zero-order chi connectivity index (χ0) is 84.7. The number of urea groups is 3. The van der Waals surface area contributed by atoms with Crippen molar-refractivity contribution in [3.8, 4) is 0 Å². The van der Waals surface area contributed by atoms with Crippen molar-refractivity contribution < 1.29 is 59.6 Å². The van der Waals surface area contributed by atoms with E-state index in [1.165, 1.54) is 16.0 Å². The van der Waals surface area contributed by atoms with Crippen molar-refractivity contribution >= 4 is 124 Å². The number of fused-ring (bicyclic) bond motifs is 3. The lowest BCUT2D eigenvalue weighted by Gasteiger charge is -2.33. The molecule has 0 aliphatic carbocycles. The van der Waals surface area contributed by atoms with Gasteiger partial charge in [0.25, 0.3) is 0 Å². The second kappa shape index (κ2) is 49.1. The van der Waals surface area contributed by atoms with Gasteiger partial charge < -0.3 is 78.7 Å². The molecule has 6 aromatic rings. The number of nitrogens with one attached hydrogen (secondary N) is 6. The number of hydrogen-bond acceptors (Lipinski definition) is 18. The van der Waals surface area contributed by atoms with Gasteiger partial charge in [0.05, 0.1) is 89.1 Å². The molecule has 6 amide bonds. The lowest BCUT2D eigenvalue weighted by atomic mass is 9.85. The minimum Gasteiger partial charge on any atom is -0.378 e. The van der Waals surface area contributed by atoms with Gasteiger partial charge in [-0.3, -0.25) is 4.72 Å². The van der Waals surface area contributed by atoms with Gasteiger partial charge in [-0.25, -0.2) is 40.7 Å². The normalized spacial score (nSPS) is 16.2. The Kier molecular flexibility index (Phi) is 40.1. The highest BCUT2D eigenvalue weighted by Gasteiger charge is 2.32. The maximum atomic E-state index is 13.4. The first-order valence-corrected chi connectivity index (χ1v) is 46.4. The summed E-state index contributed by atoms with van der Waals surface area (Å²) in [7, 11) is 3.35. The number of hydrogen-bond donors (Lipinski definition) is 6. The van der Waals surface area contributed by atoms with Crippen molar-refractivity contribution in [2.24, 2.45) is 0 Å². The van der Waals surface area contributed by atoms with Gasteiger partial charge in [-0.1, -0.05) is 117 Å². The highest BCUT2D eigenvalue weighted by Crippen LogP contribution is 2.43. The third kappa shape index (κ3) is 30.2. The second-order valence-corrected chi connectivity index (χ2v) is 37.6. The summed E-state index contributed by atoms with van der Waals surface area (Å²) in [5.74, 6) is -0.0897. The van der Waals surface area contributed by atoms with Crippen LogP contribution >= 0.6 is 80.3 Å². The Morgan fingerprint density at radius 2 is 0.737 bits per heavy atom. The highest BCUT2D eigenvalue weighted by atomic mass is 35.5. The standard InChI is InChI=1S/C83H115Cl6N13O13S3/c1-8-116(66-18-9-15-60(45-66)72-54-96(2)57-75-69(72)48-63(84)51-78(75)87)93-24-36-113-42-39-110-33-21-90-81(103)99(5)27-12-30-102(31-13-28-100(6)82(104)91-22-34-111-40-43-114-37-25-94-117(106,107)67-19-10-16-61(46-67)73-55-97(3)58-76-70(73)49-64(85)52-79(76)88)32-14-29-101(7)83(105)92-23-35-112-41-44-115-38-26-95-118(108,109)68-20-11-17-62(47-68)74-56-98(4)59-77-71(74)50-65(86)53-80(77)89/h8-11,15-20,45-53,72-74,93-95H,12-14,21-44,54-59H2,1-7H3,(H,90,103)(H,91,104)(H,92,105)/t72-,73-,74-,116?/m0/s1. The maximum Gasteiger partial charge on any atom is 0.317 e. The molecule has 0 saturated heterocycles. The number of benzene rings is 6. The number of amides is 6. The van der Waals surface area contributed by atoms with Crippen molar-refractivity contribution in [1.82, 2.24) is 64.4 Å². The van der Waals surface area contributed by atoms with Gasteiger partial charge in [-0.05, 0) is 195 Å². The summed E-state index contributed by atoms with van der Waals surface area (Å²) in [5.41, 5.74) is 9.13. The molecule has 0 spiro atoms. The summed E-state index contributed by atoms with van der Waals surface area (Å²) in [6.07, 6.45) is 1.99. The van der Waals surface area contributed by atoms with Gasteiger partial charge in [0.15, 0.2) is 0 Å². The molecule has 3 aliphatic heterocycles. The molecule has 3 aliphatic rings. The van der Waals surface area contributed by atoms with Crippen LogP contribution < -0.4 is 30.1 Å². The molecule has 0 bridgehead atoms. The third-order valence-electron chi connectivity index (χ3n) is 20.6. The molecule has 0 saturated carbocycles. The Balaban J connectivity index is 0.637. The van der Waals surface area contributed by atoms with Crippen molar-refractivity contribution in [3.63, 3.8) is 0 Å². The number of ether oxygens (including phenoxy) is 6. The molecule has 0 radical (unpaired) electrons. The van der Waals surface area contributed by atoms with Crippen LogP contribution in [-0.4, -0.2) is 294 Å². The predicted molar refractivity (Wildman–Crippen MR) is 473 cm³/mol. The monoisotopic (exact) mass is 1810 g/mol. The Morgan fingerprint density at radius 1 is 0.424 bits per heavy atom. The summed E-state index contributed by atoms with van der Waals surface area (Å²) in [4.78, 5) is 54.8. The van der Waals surface area contributed by atoms with E-state index in [0.717, 1.165) is 52.0 Å². The molecular formula is C83H115Cl6N13O13S3. The van der Waals surface area contributed by atoms with Crippen LogP contribution in [-0.2, 0) is 68.1 Å². The van der Waals surface area contributed by atoms with Crippen LogP contribution in [0.3, 0.4) is 0 Å². The summed E-state index contributed by atoms with van der Waals surface area (Å²) < 4.78 is 96.8. The van der Waals surface area contributed by atoms with E-state index >= 15 is 0 Å². The smallest absolute Gasteiger partial charge is 0.317 e. The van der Waals surface area contributed by atoms with E-state index in [0.29, 0.717) is 154 Å². The number of sulfonamides is 2. The van der Waals surface area contributed by atoms with Crippen LogP contribution in [0, 0.1) is 0 Å². The zero-order valence-electron chi connectivity index (χ0n) is 68.5. The van der Waals surface area contributed by atoms with E-state index in [9.17, 15) is 31.2 Å². The van der Waals surface area contributed by atoms with E-state index < -0.39 is 20.0 Å². The van der Waals surface area contributed by atoms with Crippen LogP contribution in [0.4, 0.5) is 14.4 Å². The summed E-state index contributed by atoms with van der Waals surface area (Å²) in [6.45, 7) is 14.7. The molecule has 9 rings (SSSR count). The van der Waals surface area contributed by atoms with Gasteiger partial charge >= 0.3 is 18.1 Å². The number of halogens is 6. The summed E-state index contributed by atoms with van der Waals surface area (Å²) in [6, 6.07) is 33.0. The quantitative estimate of drug-likeness (QED) is 0.0153. The third-order valence-corrected chi connectivity index (χ3v) is 26.9. The van der Waals surface area contributed by atoms with Crippen LogP contribution in [0.2, 0.25) is 30.1 Å². The molecule has 3 heterocycles. The molecule has 118 heavy (non-hydrogen) atoms. The fourth-order valence-electron chi connectivity index (χ4n) is 14.5. The minimum atomic E-state index is -3.84. The predicted octanol–water partition coefficient (Wildman–Crippen LogP) is 11.7. The zero-order valence-corrected chi connectivity index (χ0v) is 75.5. The van der Waals surface area contributed by atoms with Gasteiger partial charge in [-0.15, -0.1) is 0 Å². The van der Waals surface area contributed by atoms with Gasteiger partial charge in [0.2, 0.25) is 20.0 Å². The fourth-order valence-corrected chi connectivity index (χ4v) is 19.8. The second-order valence-electron chi connectivity index (χ2n) is 29.6. The summed E-state index contributed by atoms with van der Waals surface area (Å²) >= 11 is 39.1. The fraction of sp³-hybridized carbons (Fsp3) is 0.518. The van der Waals surface area contributed by atoms with Crippen molar-refractivity contribution in [1.29, 1.82) is 0 Å². The largest absolute Gasteiger partial charge is 0.378 e. The lowest BCUT2D eigenvalue weighted by molar-refractivity contribution is 0.0513. The maximum absolute atomic E-state index is 13.4. The number of carbonyl (C=O) groups is 3. The van der Waals surface area contributed by atoms with E-state index in [-0.39, 0.29) is 135 Å². The Morgan fingerprint density at radius 3 is 1.08 bits per heavy atom. The van der Waals surface area contributed by atoms with Crippen molar-refractivity contribution in [2.45, 2.75) is 78.3 Å². The number of carbonyl (C=O) groups excluding carboxylic acids is 3. The minimum absolute atomic E-state index is 0.0563. The average molecular weight is 1810 g/mol. The lowest BCUT2D eigenvalue weighted by Crippen LogP contribution is -2.42. The molecule has 35 heteroatoms. The van der Waals surface area contributed by atoms with Crippen LogP contribution in [0.1, 0.15) is 94.0 Å². The molecular weight excluding hydrogens is 1700 g/mol. The average Bonchev–Trinajstić information content (AvgIpc) is 0.775. The number of likely N-dealkylation sites (N-methyl/N-ethyl adjacent to an activating group) is 3. The van der Waals surface area contributed by atoms with Crippen molar-refractivity contribution in [2.75, 3.05) is 220 Å². The first-order valence-electron chi connectivity index (χ1n) is 39.9. The van der Waals surface area contributed by atoms with E-state index in [2.05, 4.69) is 99.4 Å². The molecule has 6 aromatic carbocycles. The summed E-state index contributed by atoms with van der Waals surface area (Å²) in [5, 5.41) is 14.5. The van der Waals surface area contributed by atoms with E-state index in [1.54, 1.807) is 84.4 Å². The molecule has 4 atom stereocenters. The number of nitrogens with zero attached hydrogens (tertiary/aromatic N) is 7. The van der Waals surface area contributed by atoms with E-state index in [1.807, 2.05) is 44.4 Å². The van der Waals surface area contributed by atoms with Gasteiger partial charge in [-0.2, -0.15) is 0 Å². The SMILES string of the molecule is C/C=S(\NCCOCCOCCNC(=O)N(C)CCCN(CCCN(C)C(=O)NCCOCCOCCNS(=O)(=O)c1cccc([C@@H]2CN(C)Cc3c(Cl)cc(Cl)cc32)c1)CCCN(C)C(=O)NCCOCCOCCNS(=O)(=O)c1cccc([C@@H]2CN(C)Cc3c(Cl)cc(Cl)cc32)c1)c1cccc([C@@H]2CN(C)Cc3c(Cl)cc(Cl)cc32)c1. The van der Waals surface area contributed by atoms with Gasteiger partial charge in [0, 0.05) is 172 Å². The van der Waals surface area contributed by atoms with Crippen LogP contribution in [0.25, 0.3) is 0 Å². The molecule has 26 nitrogen and oxygen atoms in total. The molecule has 0 fully saturated rings. The Bertz CT molecular complexity index is 4340. The van der Waals surface area contributed by atoms with Crippen LogP contribution in [0.5, 0.6) is 0 Å². The topological polar surface area (TPSA) is 270 Å². The Hall–Kier alpha value is -5.53. The molecule has 0 aromatic heterocycles.